The minimum Gasteiger partial charge on any atom is -0.438 e. The number of esters is 1. The lowest BCUT2D eigenvalue weighted by molar-refractivity contribution is 0.0236. The van der Waals surface area contributed by atoms with Crippen LogP contribution >= 0.6 is 0 Å². The molecule has 0 amide bonds. The second kappa shape index (κ2) is 13.6. The predicted octanol–water partition coefficient (Wildman–Crippen LogP) is 6.75. The van der Waals surface area contributed by atoms with Crippen LogP contribution in [0.1, 0.15) is 38.4 Å². The van der Waals surface area contributed by atoms with Crippen LogP contribution in [0.4, 0.5) is 11.4 Å². The summed E-state index contributed by atoms with van der Waals surface area (Å²) in [6.45, 7) is 26.3. The quantitative estimate of drug-likeness (QED) is 0.143. The Bertz CT molecular complexity index is 1420. The van der Waals surface area contributed by atoms with Crippen molar-refractivity contribution in [1.29, 1.82) is 0 Å². The summed E-state index contributed by atoms with van der Waals surface area (Å²) in [6.07, 6.45) is 15.4. The average molecular weight is 559 g/mol. The minimum atomic E-state index is -1.32. The van der Waals surface area contributed by atoms with E-state index in [0.717, 1.165) is 33.6 Å². The molecule has 1 aliphatic heterocycles. The molecule has 42 heavy (non-hydrogen) atoms. The maximum Gasteiger partial charge on any atom is 0.360 e. The van der Waals surface area contributed by atoms with Crippen molar-refractivity contribution in [2.75, 3.05) is 36.0 Å². The Labute approximate surface area is 249 Å². The number of anilines is 2. The van der Waals surface area contributed by atoms with Crippen molar-refractivity contribution in [3.63, 3.8) is 0 Å². The van der Waals surface area contributed by atoms with E-state index in [2.05, 4.69) is 66.4 Å². The highest BCUT2D eigenvalue weighted by atomic mass is 16.6. The van der Waals surface area contributed by atoms with Crippen molar-refractivity contribution in [2.24, 2.45) is 0 Å². The van der Waals surface area contributed by atoms with Gasteiger partial charge in [-0.25, -0.2) is 9.78 Å². The molecule has 0 N–H and O–H groups in total. The van der Waals surface area contributed by atoms with E-state index in [9.17, 15) is 4.79 Å². The molecule has 0 aliphatic carbocycles. The molecule has 2 heterocycles. The van der Waals surface area contributed by atoms with Crippen LogP contribution in [0.2, 0.25) is 0 Å². The molecule has 0 unspecified atom stereocenters. The third kappa shape index (κ3) is 5.61. The van der Waals surface area contributed by atoms with E-state index in [-0.39, 0.29) is 5.69 Å². The Balaban J connectivity index is 2.03. The van der Waals surface area contributed by atoms with Crippen LogP contribution in [0, 0.1) is 0 Å². The number of hydrogen-bond acceptors (Lipinski definition) is 6. The van der Waals surface area contributed by atoms with Gasteiger partial charge in [0.25, 0.3) is 0 Å². The van der Waals surface area contributed by atoms with E-state index in [1.807, 2.05) is 60.7 Å². The minimum absolute atomic E-state index is 0.208. The van der Waals surface area contributed by atoms with E-state index in [1.54, 1.807) is 6.20 Å². The number of benzene rings is 2. The number of ether oxygens (including phenoxy) is 1. The van der Waals surface area contributed by atoms with Crippen molar-refractivity contribution >= 4 is 17.3 Å². The van der Waals surface area contributed by atoms with Crippen LogP contribution in [0.25, 0.3) is 0 Å². The largest absolute Gasteiger partial charge is 0.438 e. The van der Waals surface area contributed by atoms with Crippen LogP contribution < -0.4 is 9.80 Å². The van der Waals surface area contributed by atoms with Crippen molar-refractivity contribution in [2.45, 2.75) is 18.4 Å². The third-order valence-corrected chi connectivity index (χ3v) is 7.26. The van der Waals surface area contributed by atoms with E-state index >= 15 is 0 Å². The van der Waals surface area contributed by atoms with Gasteiger partial charge in [0.15, 0.2) is 5.69 Å². The van der Waals surface area contributed by atoms with Crippen LogP contribution in [-0.2, 0) is 23.2 Å². The fraction of sp³-hybridized carbons (Fsp3) is 0.194. The Morgan fingerprint density at radius 2 is 1.12 bits per heavy atom. The van der Waals surface area contributed by atoms with Crippen molar-refractivity contribution in [1.82, 2.24) is 9.97 Å². The first-order valence-electron chi connectivity index (χ1n) is 14.0. The van der Waals surface area contributed by atoms with Gasteiger partial charge in [0.2, 0.25) is 5.60 Å². The molecule has 3 aromatic rings. The standard InChI is InChI=1S/C36H38N4O2/c1-7-13-27-25-29(39(21-9-3)22-10-4)15-17-31(27)36(34-33(35(41)42-36)37-19-20-38-34)32-18-16-30(26-28(32)14-8-2)40(23-11-5)24-12-6/h7-12,15-20,25-26H,1-6,13-14,21-24H2. The number of hydrogen-bond donors (Lipinski definition) is 0. The monoisotopic (exact) mass is 558 g/mol. The average Bonchev–Trinajstić information content (AvgIpc) is 3.30. The third-order valence-electron chi connectivity index (χ3n) is 7.26. The second-order valence-corrected chi connectivity index (χ2v) is 9.96. The number of allylic oxidation sites excluding steroid dienone is 2. The zero-order valence-electron chi connectivity index (χ0n) is 24.2. The molecule has 6 heteroatoms. The topological polar surface area (TPSA) is 58.6 Å². The Kier molecular flexibility index (Phi) is 9.71. The van der Waals surface area contributed by atoms with Crippen molar-refractivity contribution < 1.29 is 9.53 Å². The zero-order valence-corrected chi connectivity index (χ0v) is 24.2. The summed E-state index contributed by atoms with van der Waals surface area (Å²) in [5, 5.41) is 0. The molecule has 1 aliphatic rings. The highest BCUT2D eigenvalue weighted by molar-refractivity contribution is 5.94. The fourth-order valence-electron chi connectivity index (χ4n) is 5.57. The lowest BCUT2D eigenvalue weighted by atomic mass is 9.77. The van der Waals surface area contributed by atoms with E-state index in [4.69, 9.17) is 9.72 Å². The summed E-state index contributed by atoms with van der Waals surface area (Å²) >= 11 is 0. The van der Waals surface area contributed by atoms with E-state index in [0.29, 0.717) is 44.7 Å². The molecule has 214 valence electrons. The summed E-state index contributed by atoms with van der Waals surface area (Å²) in [5.74, 6) is -0.514. The van der Waals surface area contributed by atoms with Crippen LogP contribution in [0.3, 0.4) is 0 Å². The molecular formula is C36H38N4O2. The molecule has 0 fully saturated rings. The molecule has 6 nitrogen and oxygen atoms in total. The van der Waals surface area contributed by atoms with Gasteiger partial charge in [-0.3, -0.25) is 4.98 Å². The van der Waals surface area contributed by atoms with Gasteiger partial charge >= 0.3 is 5.97 Å². The molecule has 2 aromatic carbocycles. The van der Waals surface area contributed by atoms with Gasteiger partial charge in [0.1, 0.15) is 5.69 Å². The molecule has 0 spiro atoms. The number of aromatic nitrogens is 2. The van der Waals surface area contributed by atoms with E-state index in [1.165, 1.54) is 6.20 Å². The maximum atomic E-state index is 13.4. The first-order chi connectivity index (χ1) is 20.5. The zero-order chi connectivity index (χ0) is 30.1. The number of nitrogens with zero attached hydrogens (tertiary/aromatic N) is 4. The summed E-state index contributed by atoms with van der Waals surface area (Å²) in [7, 11) is 0. The van der Waals surface area contributed by atoms with Crippen LogP contribution in [0.5, 0.6) is 0 Å². The second-order valence-electron chi connectivity index (χ2n) is 9.96. The Morgan fingerprint density at radius 1 is 0.667 bits per heavy atom. The molecule has 0 saturated carbocycles. The van der Waals surface area contributed by atoms with Gasteiger partial charge < -0.3 is 14.5 Å². The predicted molar refractivity (Wildman–Crippen MR) is 173 cm³/mol. The first kappa shape index (κ1) is 30.0. The van der Waals surface area contributed by atoms with Crippen LogP contribution in [-0.4, -0.2) is 42.1 Å². The van der Waals surface area contributed by atoms with Gasteiger partial charge in [0.05, 0.1) is 0 Å². The van der Waals surface area contributed by atoms with Crippen LogP contribution in [0.15, 0.2) is 125 Å². The highest BCUT2D eigenvalue weighted by Gasteiger charge is 2.52. The van der Waals surface area contributed by atoms with Gasteiger partial charge in [0, 0.05) is 61.1 Å². The SMILES string of the molecule is C=CCc1cc(N(CC=C)CC=C)ccc1C1(c2ccc(N(CC=C)CC=C)cc2CC=C)OC(=O)c2nccnc21. The summed E-state index contributed by atoms with van der Waals surface area (Å²) in [6, 6.07) is 12.4. The number of carbonyl (C=O) groups is 1. The summed E-state index contributed by atoms with van der Waals surface area (Å²) in [5.41, 5.74) is 4.89. The summed E-state index contributed by atoms with van der Waals surface area (Å²) < 4.78 is 6.43. The first-order valence-corrected chi connectivity index (χ1v) is 14.0. The molecule has 0 atom stereocenters. The highest BCUT2D eigenvalue weighted by Crippen LogP contribution is 2.49. The number of fused-ring (bicyclic) bond motifs is 1. The van der Waals surface area contributed by atoms with Gasteiger partial charge in [-0.1, -0.05) is 48.6 Å². The Hall–Kier alpha value is -4.97. The molecule has 0 radical (unpaired) electrons. The summed E-state index contributed by atoms with van der Waals surface area (Å²) in [4.78, 5) is 26.9. The number of rotatable bonds is 16. The van der Waals surface area contributed by atoms with Gasteiger partial charge in [-0.2, -0.15) is 0 Å². The van der Waals surface area contributed by atoms with Crippen molar-refractivity contribution in [3.8, 4) is 0 Å². The normalized spacial score (nSPS) is 12.9. The molecule has 0 bridgehead atoms. The fourth-order valence-corrected chi connectivity index (χ4v) is 5.57. The lowest BCUT2D eigenvalue weighted by Gasteiger charge is -2.34. The molecule has 4 rings (SSSR count). The lowest BCUT2D eigenvalue weighted by Crippen LogP contribution is -2.33. The molecule has 0 saturated heterocycles. The van der Waals surface area contributed by atoms with Crippen molar-refractivity contribution in [3.05, 3.63) is 158 Å². The number of cyclic esters (lactones) is 1. The van der Waals surface area contributed by atoms with Gasteiger partial charge in [-0.15, -0.1) is 39.5 Å². The smallest absolute Gasteiger partial charge is 0.360 e. The maximum absolute atomic E-state index is 13.4. The van der Waals surface area contributed by atoms with Gasteiger partial charge in [-0.05, 0) is 48.2 Å². The molecular weight excluding hydrogens is 520 g/mol. The number of carbonyl (C=O) groups excluding carboxylic acids is 1. The Morgan fingerprint density at radius 3 is 1.55 bits per heavy atom. The van der Waals surface area contributed by atoms with E-state index < -0.39 is 11.6 Å². The molecule has 1 aromatic heterocycles.